The van der Waals surface area contributed by atoms with E-state index >= 15 is 0 Å². The number of nitrogens with zero attached hydrogens (tertiary/aromatic N) is 1. The van der Waals surface area contributed by atoms with Gasteiger partial charge in [0.25, 0.3) is 0 Å². The summed E-state index contributed by atoms with van der Waals surface area (Å²) in [7, 11) is 0. The summed E-state index contributed by atoms with van der Waals surface area (Å²) in [6.45, 7) is 1.04. The SMILES string of the molecule is c1cc2c(c(-c3ccc4ncccc4c3)c1)CCN2. The Morgan fingerprint density at radius 1 is 1.00 bits per heavy atom. The van der Waals surface area contributed by atoms with Crippen molar-refractivity contribution in [3.05, 3.63) is 60.3 Å². The smallest absolute Gasteiger partial charge is 0.0702 e. The lowest BCUT2D eigenvalue weighted by molar-refractivity contribution is 1.11. The van der Waals surface area contributed by atoms with Gasteiger partial charge in [-0.3, -0.25) is 4.98 Å². The standard InChI is InChI=1S/C17H14N2/c1-4-14(15-8-10-19-17(15)5-1)12-6-7-16-13(11-12)3-2-9-18-16/h1-7,9,11,19H,8,10H2. The predicted octanol–water partition coefficient (Wildman–Crippen LogP) is 3.87. The van der Waals surface area contributed by atoms with Crippen LogP contribution >= 0.6 is 0 Å². The molecule has 2 aromatic carbocycles. The molecule has 1 aliphatic heterocycles. The molecular formula is C17H14N2. The van der Waals surface area contributed by atoms with Crippen molar-refractivity contribution < 1.29 is 0 Å². The summed E-state index contributed by atoms with van der Waals surface area (Å²) in [5.41, 5.74) is 6.39. The molecule has 0 bridgehead atoms. The van der Waals surface area contributed by atoms with Gasteiger partial charge in [0.15, 0.2) is 0 Å². The van der Waals surface area contributed by atoms with Gasteiger partial charge in [-0.05, 0) is 47.4 Å². The van der Waals surface area contributed by atoms with Crippen LogP contribution in [0.2, 0.25) is 0 Å². The second kappa shape index (κ2) is 4.09. The maximum Gasteiger partial charge on any atom is 0.0702 e. The molecule has 1 aromatic heterocycles. The predicted molar refractivity (Wildman–Crippen MR) is 79.4 cm³/mol. The Morgan fingerprint density at radius 3 is 3.00 bits per heavy atom. The highest BCUT2D eigenvalue weighted by molar-refractivity contribution is 5.86. The first-order chi connectivity index (χ1) is 9.42. The summed E-state index contributed by atoms with van der Waals surface area (Å²) in [6, 6.07) is 17.1. The van der Waals surface area contributed by atoms with E-state index in [0.717, 1.165) is 18.5 Å². The van der Waals surface area contributed by atoms with Gasteiger partial charge in [0.2, 0.25) is 0 Å². The van der Waals surface area contributed by atoms with E-state index in [-0.39, 0.29) is 0 Å². The van der Waals surface area contributed by atoms with Crippen molar-refractivity contribution in [1.82, 2.24) is 4.98 Å². The lowest BCUT2D eigenvalue weighted by Gasteiger charge is -2.09. The molecule has 0 unspecified atom stereocenters. The number of rotatable bonds is 1. The van der Waals surface area contributed by atoms with Crippen LogP contribution in [0.4, 0.5) is 5.69 Å². The van der Waals surface area contributed by atoms with Crippen LogP contribution in [-0.2, 0) is 6.42 Å². The van der Waals surface area contributed by atoms with E-state index in [4.69, 9.17) is 0 Å². The van der Waals surface area contributed by atoms with E-state index in [1.165, 1.54) is 27.8 Å². The molecule has 0 amide bonds. The van der Waals surface area contributed by atoms with Gasteiger partial charge in [0, 0.05) is 23.8 Å². The minimum absolute atomic E-state index is 1.04. The van der Waals surface area contributed by atoms with Crippen molar-refractivity contribution in [2.45, 2.75) is 6.42 Å². The average Bonchev–Trinajstić information content (AvgIpc) is 2.95. The first kappa shape index (κ1) is 10.6. The number of fused-ring (bicyclic) bond motifs is 2. The monoisotopic (exact) mass is 246 g/mol. The van der Waals surface area contributed by atoms with Crippen LogP contribution in [0.1, 0.15) is 5.56 Å². The molecule has 2 heterocycles. The number of benzene rings is 2. The third kappa shape index (κ3) is 1.68. The van der Waals surface area contributed by atoms with E-state index in [0.29, 0.717) is 0 Å². The quantitative estimate of drug-likeness (QED) is 0.705. The zero-order valence-electron chi connectivity index (χ0n) is 10.6. The molecule has 1 aliphatic rings. The summed E-state index contributed by atoms with van der Waals surface area (Å²) in [5.74, 6) is 0. The number of nitrogens with one attached hydrogen (secondary N) is 1. The normalized spacial score (nSPS) is 13.3. The Labute approximate surface area is 112 Å². The van der Waals surface area contributed by atoms with E-state index < -0.39 is 0 Å². The third-order valence-electron chi connectivity index (χ3n) is 3.78. The summed E-state index contributed by atoms with van der Waals surface area (Å²) in [4.78, 5) is 4.38. The number of pyridine rings is 1. The molecule has 0 saturated heterocycles. The van der Waals surface area contributed by atoms with Crippen molar-refractivity contribution in [2.75, 3.05) is 11.9 Å². The molecule has 2 heteroatoms. The van der Waals surface area contributed by atoms with E-state index in [1.54, 1.807) is 0 Å². The third-order valence-corrected chi connectivity index (χ3v) is 3.78. The van der Waals surface area contributed by atoms with E-state index in [2.05, 4.69) is 52.8 Å². The van der Waals surface area contributed by atoms with Gasteiger partial charge in [0.1, 0.15) is 0 Å². The van der Waals surface area contributed by atoms with Crippen molar-refractivity contribution in [3.8, 4) is 11.1 Å². The number of anilines is 1. The van der Waals surface area contributed by atoms with Crippen molar-refractivity contribution in [1.29, 1.82) is 0 Å². The van der Waals surface area contributed by atoms with Gasteiger partial charge >= 0.3 is 0 Å². The van der Waals surface area contributed by atoms with Crippen LogP contribution in [0.3, 0.4) is 0 Å². The first-order valence-electron chi connectivity index (χ1n) is 6.63. The maximum absolute atomic E-state index is 4.38. The fourth-order valence-electron chi connectivity index (χ4n) is 2.86. The zero-order valence-corrected chi connectivity index (χ0v) is 10.6. The minimum Gasteiger partial charge on any atom is -0.384 e. The summed E-state index contributed by atoms with van der Waals surface area (Å²) >= 11 is 0. The van der Waals surface area contributed by atoms with Gasteiger partial charge in [0.05, 0.1) is 5.52 Å². The molecule has 0 radical (unpaired) electrons. The highest BCUT2D eigenvalue weighted by Crippen LogP contribution is 2.33. The second-order valence-electron chi connectivity index (χ2n) is 4.92. The average molecular weight is 246 g/mol. The van der Waals surface area contributed by atoms with Gasteiger partial charge in [-0.1, -0.05) is 24.3 Å². The molecule has 92 valence electrons. The Morgan fingerprint density at radius 2 is 2.00 bits per heavy atom. The lowest BCUT2D eigenvalue weighted by atomic mass is 9.97. The van der Waals surface area contributed by atoms with Gasteiger partial charge in [-0.15, -0.1) is 0 Å². The molecule has 19 heavy (non-hydrogen) atoms. The molecule has 4 rings (SSSR count). The lowest BCUT2D eigenvalue weighted by Crippen LogP contribution is -1.90. The van der Waals surface area contributed by atoms with Gasteiger partial charge in [-0.25, -0.2) is 0 Å². The highest BCUT2D eigenvalue weighted by Gasteiger charge is 2.14. The molecule has 0 spiro atoms. The zero-order chi connectivity index (χ0) is 12.7. The fraction of sp³-hybridized carbons (Fsp3) is 0.118. The molecule has 0 aliphatic carbocycles. The fourth-order valence-corrected chi connectivity index (χ4v) is 2.86. The Balaban J connectivity index is 1.93. The van der Waals surface area contributed by atoms with Crippen LogP contribution in [0.15, 0.2) is 54.7 Å². The first-order valence-corrected chi connectivity index (χ1v) is 6.63. The summed E-state index contributed by atoms with van der Waals surface area (Å²) in [6.07, 6.45) is 2.95. The molecule has 0 atom stereocenters. The highest BCUT2D eigenvalue weighted by atomic mass is 14.9. The van der Waals surface area contributed by atoms with E-state index in [9.17, 15) is 0 Å². The Kier molecular flexibility index (Phi) is 2.27. The van der Waals surface area contributed by atoms with Crippen LogP contribution in [-0.4, -0.2) is 11.5 Å². The molecule has 3 aromatic rings. The topological polar surface area (TPSA) is 24.9 Å². The number of hydrogen-bond donors (Lipinski definition) is 1. The number of hydrogen-bond acceptors (Lipinski definition) is 2. The molecule has 1 N–H and O–H groups in total. The summed E-state index contributed by atoms with van der Waals surface area (Å²) < 4.78 is 0. The van der Waals surface area contributed by atoms with Crippen LogP contribution in [0, 0.1) is 0 Å². The largest absolute Gasteiger partial charge is 0.384 e. The van der Waals surface area contributed by atoms with E-state index in [1.807, 2.05) is 12.3 Å². The van der Waals surface area contributed by atoms with Crippen LogP contribution in [0.5, 0.6) is 0 Å². The minimum atomic E-state index is 1.04. The van der Waals surface area contributed by atoms with Crippen molar-refractivity contribution in [3.63, 3.8) is 0 Å². The van der Waals surface area contributed by atoms with Gasteiger partial charge in [-0.2, -0.15) is 0 Å². The van der Waals surface area contributed by atoms with Crippen molar-refractivity contribution >= 4 is 16.6 Å². The molecule has 0 saturated carbocycles. The molecule has 0 fully saturated rings. The van der Waals surface area contributed by atoms with Crippen molar-refractivity contribution in [2.24, 2.45) is 0 Å². The Hall–Kier alpha value is -2.35. The second-order valence-corrected chi connectivity index (χ2v) is 4.92. The number of aromatic nitrogens is 1. The Bertz CT molecular complexity index is 762. The summed E-state index contributed by atoms with van der Waals surface area (Å²) in [5, 5.41) is 4.63. The van der Waals surface area contributed by atoms with Crippen LogP contribution < -0.4 is 5.32 Å². The van der Waals surface area contributed by atoms with Gasteiger partial charge < -0.3 is 5.32 Å². The maximum atomic E-state index is 4.38. The molecule has 2 nitrogen and oxygen atoms in total. The van der Waals surface area contributed by atoms with Crippen LogP contribution in [0.25, 0.3) is 22.0 Å². The molecular weight excluding hydrogens is 232 g/mol.